The van der Waals surface area contributed by atoms with Gasteiger partial charge in [0.2, 0.25) is 5.95 Å². The molecule has 0 radical (unpaired) electrons. The fourth-order valence-electron chi connectivity index (χ4n) is 1.42. The molecule has 4 heteroatoms. The maximum absolute atomic E-state index is 8.53. The van der Waals surface area contributed by atoms with Crippen molar-refractivity contribution in [2.24, 2.45) is 0 Å². The van der Waals surface area contributed by atoms with Crippen molar-refractivity contribution in [3.63, 3.8) is 0 Å². The number of hydrogen-bond donors (Lipinski definition) is 0. The number of aromatic nitrogens is 2. The predicted molar refractivity (Wildman–Crippen MR) is 56.0 cm³/mol. The molecule has 0 fully saturated rings. The predicted octanol–water partition coefficient (Wildman–Crippen LogP) is 1.64. The van der Waals surface area contributed by atoms with Gasteiger partial charge in [-0.1, -0.05) is 0 Å². The Hall–Kier alpha value is -1.50. The molecule has 0 aromatic carbocycles. The Balaban J connectivity index is 2.73. The van der Waals surface area contributed by atoms with Crippen molar-refractivity contribution in [1.82, 2.24) is 9.55 Å². The molecule has 1 aromatic heterocycles. The molecule has 0 atom stereocenters. The van der Waals surface area contributed by atoms with Crippen LogP contribution in [0.3, 0.4) is 0 Å². The van der Waals surface area contributed by atoms with Crippen molar-refractivity contribution in [1.29, 1.82) is 5.26 Å². The van der Waals surface area contributed by atoms with Crippen LogP contribution in [0.25, 0.3) is 0 Å². The van der Waals surface area contributed by atoms with Crippen LogP contribution in [0.15, 0.2) is 12.4 Å². The maximum Gasteiger partial charge on any atom is 0.205 e. The minimum Gasteiger partial charge on any atom is -0.342 e. The molecule has 1 rings (SSSR count). The number of nitriles is 1. The van der Waals surface area contributed by atoms with Crippen LogP contribution in [0.4, 0.5) is 5.95 Å². The molecule has 76 valence electrons. The average molecular weight is 192 g/mol. The first kappa shape index (κ1) is 10.6. The van der Waals surface area contributed by atoms with E-state index in [-0.39, 0.29) is 0 Å². The van der Waals surface area contributed by atoms with E-state index in [0.29, 0.717) is 6.42 Å². The first-order chi connectivity index (χ1) is 6.83. The zero-order valence-corrected chi connectivity index (χ0v) is 8.77. The maximum atomic E-state index is 8.53. The van der Waals surface area contributed by atoms with Gasteiger partial charge in [0.1, 0.15) is 0 Å². The van der Waals surface area contributed by atoms with Gasteiger partial charge < -0.3 is 9.47 Å². The summed E-state index contributed by atoms with van der Waals surface area (Å²) in [6.45, 7) is 6.72. The minimum atomic E-state index is 0.546. The molecule has 0 unspecified atom stereocenters. The summed E-state index contributed by atoms with van der Waals surface area (Å²) < 4.78 is 2.08. The molecule has 0 aliphatic rings. The zero-order chi connectivity index (χ0) is 10.4. The molecule has 0 bridgehead atoms. The van der Waals surface area contributed by atoms with Crippen LogP contribution in [-0.4, -0.2) is 22.6 Å². The van der Waals surface area contributed by atoms with Gasteiger partial charge in [-0.3, -0.25) is 0 Å². The van der Waals surface area contributed by atoms with E-state index >= 15 is 0 Å². The summed E-state index contributed by atoms with van der Waals surface area (Å²) in [6, 6.07) is 2.15. The second kappa shape index (κ2) is 5.28. The first-order valence-corrected chi connectivity index (χ1v) is 4.96. The molecule has 1 heterocycles. The molecule has 0 amide bonds. The molecule has 0 aliphatic carbocycles. The van der Waals surface area contributed by atoms with Crippen molar-refractivity contribution in [3.05, 3.63) is 12.4 Å². The average Bonchev–Trinajstić information content (AvgIpc) is 2.67. The number of anilines is 1. The summed E-state index contributed by atoms with van der Waals surface area (Å²) in [5.74, 6) is 0.963. The third-order valence-electron chi connectivity index (χ3n) is 2.19. The first-order valence-electron chi connectivity index (χ1n) is 4.96. The third kappa shape index (κ3) is 2.25. The lowest BCUT2D eigenvalue weighted by Crippen LogP contribution is -2.26. The highest BCUT2D eigenvalue weighted by Gasteiger charge is 2.08. The second-order valence-corrected chi connectivity index (χ2v) is 3.00. The highest BCUT2D eigenvalue weighted by Crippen LogP contribution is 2.11. The summed E-state index contributed by atoms with van der Waals surface area (Å²) in [4.78, 5) is 6.41. The van der Waals surface area contributed by atoms with Crippen molar-refractivity contribution in [2.75, 3.05) is 18.0 Å². The summed E-state index contributed by atoms with van der Waals surface area (Å²) in [6.07, 6.45) is 4.31. The van der Waals surface area contributed by atoms with Gasteiger partial charge in [-0.25, -0.2) is 4.98 Å². The van der Waals surface area contributed by atoms with E-state index < -0.39 is 0 Å². The molecule has 0 saturated heterocycles. The van der Waals surface area contributed by atoms with Crippen molar-refractivity contribution >= 4 is 5.95 Å². The Morgan fingerprint density at radius 3 is 2.93 bits per heavy atom. The molecular formula is C10H16N4. The zero-order valence-electron chi connectivity index (χ0n) is 8.77. The lowest BCUT2D eigenvalue weighted by molar-refractivity contribution is 0.702. The van der Waals surface area contributed by atoms with Gasteiger partial charge >= 0.3 is 0 Å². The van der Waals surface area contributed by atoms with Crippen LogP contribution in [0.5, 0.6) is 0 Å². The highest BCUT2D eigenvalue weighted by atomic mass is 15.3. The number of rotatable bonds is 5. The van der Waals surface area contributed by atoms with Gasteiger partial charge in [0.15, 0.2) is 0 Å². The Labute approximate surface area is 84.8 Å². The van der Waals surface area contributed by atoms with Crippen molar-refractivity contribution in [2.45, 2.75) is 26.8 Å². The van der Waals surface area contributed by atoms with E-state index in [1.165, 1.54) is 0 Å². The lowest BCUT2D eigenvalue weighted by atomic mass is 10.4. The Bertz CT molecular complexity index is 310. The van der Waals surface area contributed by atoms with Gasteiger partial charge in [-0.2, -0.15) is 5.26 Å². The summed E-state index contributed by atoms with van der Waals surface area (Å²) in [5.41, 5.74) is 0. The number of imidazole rings is 1. The Morgan fingerprint density at radius 2 is 2.36 bits per heavy atom. The van der Waals surface area contributed by atoms with Crippen LogP contribution in [0, 0.1) is 11.3 Å². The quantitative estimate of drug-likeness (QED) is 0.712. The summed E-state index contributed by atoms with van der Waals surface area (Å²) >= 11 is 0. The van der Waals surface area contributed by atoms with Crippen LogP contribution < -0.4 is 4.90 Å². The number of aryl methyl sites for hydroxylation is 1. The van der Waals surface area contributed by atoms with E-state index in [2.05, 4.69) is 34.4 Å². The number of hydrogen-bond acceptors (Lipinski definition) is 3. The van der Waals surface area contributed by atoms with Gasteiger partial charge in [0, 0.05) is 32.0 Å². The smallest absolute Gasteiger partial charge is 0.205 e. The molecule has 0 N–H and O–H groups in total. The molecule has 1 aromatic rings. The monoisotopic (exact) mass is 192 g/mol. The van der Waals surface area contributed by atoms with Crippen LogP contribution >= 0.6 is 0 Å². The lowest BCUT2D eigenvalue weighted by Gasteiger charge is -2.21. The standard InChI is InChI=1S/C10H16N4/c1-3-13(8-5-6-11)10-12-7-9-14(10)4-2/h7,9H,3-5,8H2,1-2H3. The molecular weight excluding hydrogens is 176 g/mol. The van der Waals surface area contributed by atoms with Crippen molar-refractivity contribution < 1.29 is 0 Å². The topological polar surface area (TPSA) is 44.9 Å². The molecule has 14 heavy (non-hydrogen) atoms. The molecule has 4 nitrogen and oxygen atoms in total. The van der Waals surface area contributed by atoms with E-state index in [4.69, 9.17) is 5.26 Å². The Kier molecular flexibility index (Phi) is 3.99. The molecule has 0 spiro atoms. The fourth-order valence-corrected chi connectivity index (χ4v) is 1.42. The third-order valence-corrected chi connectivity index (χ3v) is 2.19. The SMILES string of the molecule is CCN(CCC#N)c1nccn1CC. The van der Waals surface area contributed by atoms with Gasteiger partial charge in [-0.05, 0) is 13.8 Å². The highest BCUT2D eigenvalue weighted by molar-refractivity contribution is 5.30. The molecule has 0 aliphatic heterocycles. The fraction of sp³-hybridized carbons (Fsp3) is 0.600. The summed E-state index contributed by atoms with van der Waals surface area (Å²) in [5, 5.41) is 8.53. The van der Waals surface area contributed by atoms with Gasteiger partial charge in [-0.15, -0.1) is 0 Å². The van der Waals surface area contributed by atoms with E-state index in [9.17, 15) is 0 Å². The minimum absolute atomic E-state index is 0.546. The second-order valence-electron chi connectivity index (χ2n) is 3.00. The number of nitrogens with zero attached hydrogens (tertiary/aromatic N) is 4. The van der Waals surface area contributed by atoms with E-state index in [1.54, 1.807) is 6.20 Å². The van der Waals surface area contributed by atoms with E-state index in [0.717, 1.165) is 25.6 Å². The van der Waals surface area contributed by atoms with Crippen LogP contribution in [0.2, 0.25) is 0 Å². The van der Waals surface area contributed by atoms with Gasteiger partial charge in [0.05, 0.1) is 12.5 Å². The normalized spacial score (nSPS) is 9.79. The molecule has 0 saturated carbocycles. The summed E-state index contributed by atoms with van der Waals surface area (Å²) in [7, 11) is 0. The van der Waals surface area contributed by atoms with E-state index in [1.807, 2.05) is 6.20 Å². The van der Waals surface area contributed by atoms with Crippen molar-refractivity contribution in [3.8, 4) is 6.07 Å². The van der Waals surface area contributed by atoms with Gasteiger partial charge in [0.25, 0.3) is 0 Å². The van der Waals surface area contributed by atoms with Crippen LogP contribution in [0.1, 0.15) is 20.3 Å². The van der Waals surface area contributed by atoms with Crippen LogP contribution in [-0.2, 0) is 6.54 Å². The largest absolute Gasteiger partial charge is 0.342 e. The Morgan fingerprint density at radius 1 is 1.57 bits per heavy atom.